The first-order valence-electron chi connectivity index (χ1n) is 4.39. The Kier molecular flexibility index (Phi) is 2.58. The number of nitrogens with one attached hydrogen (secondary N) is 1. The number of benzene rings is 1. The number of halogens is 2. The van der Waals surface area contributed by atoms with Crippen molar-refractivity contribution in [3.8, 4) is 0 Å². The van der Waals surface area contributed by atoms with Crippen LogP contribution in [0.15, 0.2) is 42.6 Å². The van der Waals surface area contributed by atoms with Crippen molar-refractivity contribution in [3.63, 3.8) is 0 Å². The van der Waals surface area contributed by atoms with Crippen LogP contribution in [0.4, 0.5) is 20.3 Å². The van der Waals surface area contributed by atoms with E-state index in [0.29, 0.717) is 5.82 Å². The molecule has 0 bridgehead atoms. The van der Waals surface area contributed by atoms with Gasteiger partial charge in [-0.1, -0.05) is 12.1 Å². The Morgan fingerprint density at radius 1 is 0.933 bits per heavy atom. The normalized spacial score (nSPS) is 10.0. The Balaban J connectivity index is 2.32. The van der Waals surface area contributed by atoms with Gasteiger partial charge in [-0.3, -0.25) is 0 Å². The summed E-state index contributed by atoms with van der Waals surface area (Å²) in [6.07, 6.45) is 1.54. The van der Waals surface area contributed by atoms with Crippen molar-refractivity contribution in [1.29, 1.82) is 0 Å². The van der Waals surface area contributed by atoms with Crippen molar-refractivity contribution >= 4 is 11.5 Å². The van der Waals surface area contributed by atoms with Gasteiger partial charge < -0.3 is 5.32 Å². The second-order valence-corrected chi connectivity index (χ2v) is 2.94. The zero-order valence-electron chi connectivity index (χ0n) is 7.74. The molecule has 1 aromatic heterocycles. The van der Waals surface area contributed by atoms with Crippen LogP contribution >= 0.6 is 0 Å². The van der Waals surface area contributed by atoms with Gasteiger partial charge in [0.25, 0.3) is 0 Å². The molecule has 1 aromatic carbocycles. The van der Waals surface area contributed by atoms with E-state index in [-0.39, 0.29) is 5.69 Å². The van der Waals surface area contributed by atoms with Gasteiger partial charge in [0, 0.05) is 6.20 Å². The van der Waals surface area contributed by atoms with Crippen LogP contribution in [0.1, 0.15) is 0 Å². The van der Waals surface area contributed by atoms with Crippen LogP contribution in [0.25, 0.3) is 0 Å². The van der Waals surface area contributed by atoms with Crippen LogP contribution < -0.4 is 5.32 Å². The molecule has 2 nitrogen and oxygen atoms in total. The molecule has 0 radical (unpaired) electrons. The summed E-state index contributed by atoms with van der Waals surface area (Å²) < 4.78 is 26.4. The third kappa shape index (κ3) is 2.10. The molecule has 1 heterocycles. The van der Waals surface area contributed by atoms with E-state index >= 15 is 0 Å². The van der Waals surface area contributed by atoms with Gasteiger partial charge in [0.2, 0.25) is 0 Å². The van der Waals surface area contributed by atoms with Crippen LogP contribution in [0.5, 0.6) is 0 Å². The highest BCUT2D eigenvalue weighted by atomic mass is 19.1. The van der Waals surface area contributed by atoms with Crippen molar-refractivity contribution in [3.05, 3.63) is 54.2 Å². The smallest absolute Gasteiger partial charge is 0.149 e. The van der Waals surface area contributed by atoms with E-state index in [1.165, 1.54) is 18.2 Å². The fourth-order valence-corrected chi connectivity index (χ4v) is 1.18. The number of hydrogen-bond donors (Lipinski definition) is 1. The second-order valence-electron chi connectivity index (χ2n) is 2.94. The summed E-state index contributed by atoms with van der Waals surface area (Å²) in [7, 11) is 0. The Bertz CT molecular complexity index is 437. The van der Waals surface area contributed by atoms with Crippen LogP contribution in [0, 0.1) is 11.6 Å². The van der Waals surface area contributed by atoms with E-state index < -0.39 is 11.6 Å². The topological polar surface area (TPSA) is 24.9 Å². The van der Waals surface area contributed by atoms with Crippen molar-refractivity contribution in [2.24, 2.45) is 0 Å². The molecular weight excluding hydrogens is 198 g/mol. The Labute approximate surface area is 85.6 Å². The molecule has 15 heavy (non-hydrogen) atoms. The predicted molar refractivity (Wildman–Crippen MR) is 53.9 cm³/mol. The SMILES string of the molecule is Fc1cccc(F)c1Nc1ccccn1. The van der Waals surface area contributed by atoms with Gasteiger partial charge >= 0.3 is 0 Å². The molecule has 2 aromatic rings. The first-order valence-corrected chi connectivity index (χ1v) is 4.39. The lowest BCUT2D eigenvalue weighted by Gasteiger charge is -2.06. The molecule has 76 valence electrons. The molecule has 0 spiro atoms. The van der Waals surface area contributed by atoms with E-state index in [1.54, 1.807) is 24.4 Å². The van der Waals surface area contributed by atoms with Gasteiger partial charge in [-0.25, -0.2) is 13.8 Å². The van der Waals surface area contributed by atoms with E-state index in [9.17, 15) is 8.78 Å². The molecule has 0 aliphatic carbocycles. The van der Waals surface area contributed by atoms with Gasteiger partial charge in [-0.2, -0.15) is 0 Å². The lowest BCUT2D eigenvalue weighted by Crippen LogP contribution is -1.98. The van der Waals surface area contributed by atoms with Crippen molar-refractivity contribution in [2.45, 2.75) is 0 Å². The molecule has 0 saturated carbocycles. The van der Waals surface area contributed by atoms with Gasteiger partial charge in [0.15, 0.2) is 0 Å². The second kappa shape index (κ2) is 4.04. The number of nitrogens with zero attached hydrogens (tertiary/aromatic N) is 1. The standard InChI is InChI=1S/C11H8F2N2/c12-8-4-3-5-9(13)11(8)15-10-6-1-2-7-14-10/h1-7H,(H,14,15). The Morgan fingerprint density at radius 3 is 2.27 bits per heavy atom. The highest BCUT2D eigenvalue weighted by Crippen LogP contribution is 2.21. The number of pyridine rings is 1. The summed E-state index contributed by atoms with van der Waals surface area (Å²) in [6, 6.07) is 8.78. The van der Waals surface area contributed by atoms with E-state index in [2.05, 4.69) is 10.3 Å². The molecular formula is C11H8F2N2. The molecule has 0 aliphatic heterocycles. The monoisotopic (exact) mass is 206 g/mol. The van der Waals surface area contributed by atoms with Crippen LogP contribution in [-0.2, 0) is 0 Å². The van der Waals surface area contributed by atoms with Crippen molar-refractivity contribution < 1.29 is 8.78 Å². The number of aromatic nitrogens is 1. The number of anilines is 2. The van der Waals surface area contributed by atoms with E-state index in [4.69, 9.17) is 0 Å². The molecule has 2 rings (SSSR count). The predicted octanol–water partition coefficient (Wildman–Crippen LogP) is 3.10. The molecule has 0 atom stereocenters. The van der Waals surface area contributed by atoms with Gasteiger partial charge in [-0.05, 0) is 24.3 Å². The Morgan fingerprint density at radius 2 is 1.67 bits per heavy atom. The summed E-state index contributed by atoms with van der Waals surface area (Å²) >= 11 is 0. The van der Waals surface area contributed by atoms with E-state index in [1.807, 2.05) is 0 Å². The maximum absolute atomic E-state index is 13.2. The van der Waals surface area contributed by atoms with Gasteiger partial charge in [0.05, 0.1) is 0 Å². The number of hydrogen-bond acceptors (Lipinski definition) is 2. The minimum atomic E-state index is -0.638. The third-order valence-corrected chi connectivity index (χ3v) is 1.88. The minimum absolute atomic E-state index is 0.184. The largest absolute Gasteiger partial charge is 0.335 e. The highest BCUT2D eigenvalue weighted by Gasteiger charge is 2.07. The van der Waals surface area contributed by atoms with Crippen LogP contribution in [0.2, 0.25) is 0 Å². The molecule has 0 aliphatic rings. The summed E-state index contributed by atoms with van der Waals surface area (Å²) in [5, 5.41) is 2.58. The number of para-hydroxylation sites is 1. The first kappa shape index (κ1) is 9.58. The molecule has 1 N–H and O–H groups in total. The fourth-order valence-electron chi connectivity index (χ4n) is 1.18. The molecule has 0 fully saturated rings. The number of rotatable bonds is 2. The lowest BCUT2D eigenvalue weighted by atomic mass is 10.3. The quantitative estimate of drug-likeness (QED) is 0.816. The molecule has 4 heteroatoms. The van der Waals surface area contributed by atoms with Crippen molar-refractivity contribution in [2.75, 3.05) is 5.32 Å². The average molecular weight is 206 g/mol. The fraction of sp³-hybridized carbons (Fsp3) is 0. The maximum atomic E-state index is 13.2. The molecule has 0 unspecified atom stereocenters. The van der Waals surface area contributed by atoms with E-state index in [0.717, 1.165) is 0 Å². The third-order valence-electron chi connectivity index (χ3n) is 1.88. The lowest BCUT2D eigenvalue weighted by molar-refractivity contribution is 0.590. The zero-order chi connectivity index (χ0) is 10.7. The zero-order valence-corrected chi connectivity index (χ0v) is 7.74. The van der Waals surface area contributed by atoms with Crippen LogP contribution in [-0.4, -0.2) is 4.98 Å². The maximum Gasteiger partial charge on any atom is 0.149 e. The summed E-state index contributed by atoms with van der Waals surface area (Å²) in [5.41, 5.74) is -0.184. The molecule has 0 amide bonds. The summed E-state index contributed by atoms with van der Waals surface area (Å²) in [5.74, 6) is -0.872. The average Bonchev–Trinajstić information content (AvgIpc) is 2.25. The first-order chi connectivity index (χ1) is 7.27. The molecule has 0 saturated heterocycles. The summed E-state index contributed by atoms with van der Waals surface area (Å²) in [4.78, 5) is 3.91. The highest BCUT2D eigenvalue weighted by molar-refractivity contribution is 5.57. The van der Waals surface area contributed by atoms with Gasteiger partial charge in [-0.15, -0.1) is 0 Å². The Hall–Kier alpha value is -1.97. The summed E-state index contributed by atoms with van der Waals surface area (Å²) in [6.45, 7) is 0. The van der Waals surface area contributed by atoms with Gasteiger partial charge in [0.1, 0.15) is 23.1 Å². The van der Waals surface area contributed by atoms with Crippen LogP contribution in [0.3, 0.4) is 0 Å². The minimum Gasteiger partial charge on any atom is -0.335 e. The van der Waals surface area contributed by atoms with Crippen molar-refractivity contribution in [1.82, 2.24) is 4.98 Å².